The van der Waals surface area contributed by atoms with Gasteiger partial charge in [0, 0.05) is 39.2 Å². The van der Waals surface area contributed by atoms with Gasteiger partial charge in [-0.15, -0.1) is 0 Å². The first-order valence-electron chi connectivity index (χ1n) is 12.0. The SMILES string of the molecule is COCc1ccc(CN2CCC(CCC(=O)NC3CCN(Cc4ccccc4)C3)CC2)o1. The summed E-state index contributed by atoms with van der Waals surface area (Å²) in [5.41, 5.74) is 1.34. The van der Waals surface area contributed by atoms with Crippen molar-refractivity contribution in [3.8, 4) is 0 Å². The number of nitrogens with zero attached hydrogens (tertiary/aromatic N) is 2. The van der Waals surface area contributed by atoms with E-state index in [0.717, 1.165) is 76.5 Å². The largest absolute Gasteiger partial charge is 0.462 e. The van der Waals surface area contributed by atoms with Crippen LogP contribution in [0, 0.1) is 5.92 Å². The van der Waals surface area contributed by atoms with Gasteiger partial charge in [0.05, 0.1) is 6.54 Å². The minimum Gasteiger partial charge on any atom is -0.462 e. The number of hydrogen-bond acceptors (Lipinski definition) is 5. The van der Waals surface area contributed by atoms with E-state index in [-0.39, 0.29) is 5.91 Å². The zero-order valence-corrected chi connectivity index (χ0v) is 19.3. The predicted molar refractivity (Wildman–Crippen MR) is 125 cm³/mol. The fourth-order valence-corrected chi connectivity index (χ4v) is 4.95. The van der Waals surface area contributed by atoms with Crippen LogP contribution in [0.15, 0.2) is 46.9 Å². The van der Waals surface area contributed by atoms with Gasteiger partial charge in [0.1, 0.15) is 18.1 Å². The highest BCUT2D eigenvalue weighted by molar-refractivity contribution is 5.76. The first-order valence-corrected chi connectivity index (χ1v) is 12.0. The Labute approximate surface area is 191 Å². The molecule has 0 aliphatic carbocycles. The summed E-state index contributed by atoms with van der Waals surface area (Å²) >= 11 is 0. The predicted octanol–water partition coefficient (Wildman–Crippen LogP) is 3.81. The second-order valence-corrected chi connectivity index (χ2v) is 9.33. The summed E-state index contributed by atoms with van der Waals surface area (Å²) in [5.74, 6) is 2.76. The number of furan rings is 1. The molecule has 0 saturated carbocycles. The van der Waals surface area contributed by atoms with Crippen LogP contribution in [0.5, 0.6) is 0 Å². The monoisotopic (exact) mass is 439 g/mol. The molecule has 0 radical (unpaired) electrons. The van der Waals surface area contributed by atoms with Crippen molar-refractivity contribution in [3.05, 3.63) is 59.5 Å². The number of piperidine rings is 1. The average molecular weight is 440 g/mol. The molecule has 4 rings (SSSR count). The summed E-state index contributed by atoms with van der Waals surface area (Å²) in [6, 6.07) is 14.9. The van der Waals surface area contributed by atoms with Crippen molar-refractivity contribution in [1.82, 2.24) is 15.1 Å². The zero-order chi connectivity index (χ0) is 22.2. The number of likely N-dealkylation sites (tertiary alicyclic amines) is 2. The lowest BCUT2D eigenvalue weighted by Gasteiger charge is -2.31. The molecule has 2 saturated heterocycles. The molecular formula is C26H37N3O3. The summed E-state index contributed by atoms with van der Waals surface area (Å²) < 4.78 is 10.9. The summed E-state index contributed by atoms with van der Waals surface area (Å²) in [6.07, 6.45) is 5.02. The minimum atomic E-state index is 0.222. The Morgan fingerprint density at radius 1 is 1.00 bits per heavy atom. The van der Waals surface area contributed by atoms with Gasteiger partial charge in [-0.3, -0.25) is 14.6 Å². The van der Waals surface area contributed by atoms with Crippen LogP contribution in [0.1, 0.15) is 49.2 Å². The molecular weight excluding hydrogens is 402 g/mol. The van der Waals surface area contributed by atoms with Gasteiger partial charge in [0.15, 0.2) is 0 Å². The van der Waals surface area contributed by atoms with E-state index in [2.05, 4.69) is 51.5 Å². The zero-order valence-electron chi connectivity index (χ0n) is 19.3. The highest BCUT2D eigenvalue weighted by Crippen LogP contribution is 2.24. The van der Waals surface area contributed by atoms with E-state index in [4.69, 9.17) is 9.15 Å². The second kappa shape index (κ2) is 11.6. The Morgan fingerprint density at radius 2 is 1.75 bits per heavy atom. The number of carbonyl (C=O) groups excluding carboxylic acids is 1. The van der Waals surface area contributed by atoms with Crippen molar-refractivity contribution in [2.45, 2.75) is 57.8 Å². The standard InChI is InChI=1S/C26H37N3O3/c1-31-20-25-9-8-24(32-25)19-28-14-11-21(12-15-28)7-10-26(30)27-23-13-16-29(18-23)17-22-5-3-2-4-6-22/h2-6,8-9,21,23H,7,10-20H2,1H3,(H,27,30). The van der Waals surface area contributed by atoms with Gasteiger partial charge >= 0.3 is 0 Å². The third kappa shape index (κ3) is 6.92. The number of amides is 1. The average Bonchev–Trinajstić information content (AvgIpc) is 3.43. The Morgan fingerprint density at radius 3 is 2.53 bits per heavy atom. The van der Waals surface area contributed by atoms with Crippen LogP contribution < -0.4 is 5.32 Å². The number of ether oxygens (including phenoxy) is 1. The molecule has 6 heteroatoms. The van der Waals surface area contributed by atoms with Gasteiger partial charge in [-0.25, -0.2) is 0 Å². The van der Waals surface area contributed by atoms with Gasteiger partial charge in [0.25, 0.3) is 0 Å². The van der Waals surface area contributed by atoms with Crippen molar-refractivity contribution >= 4 is 5.91 Å². The van der Waals surface area contributed by atoms with Crippen molar-refractivity contribution in [3.63, 3.8) is 0 Å². The van der Waals surface area contributed by atoms with Crippen molar-refractivity contribution < 1.29 is 13.9 Å². The molecule has 3 heterocycles. The van der Waals surface area contributed by atoms with E-state index >= 15 is 0 Å². The van der Waals surface area contributed by atoms with Crippen LogP contribution in [0.25, 0.3) is 0 Å². The fraction of sp³-hybridized carbons (Fsp3) is 0.577. The fourth-order valence-electron chi connectivity index (χ4n) is 4.95. The molecule has 1 unspecified atom stereocenters. The molecule has 174 valence electrons. The Kier molecular flexibility index (Phi) is 8.37. The van der Waals surface area contributed by atoms with E-state index in [1.807, 2.05) is 6.07 Å². The molecule has 2 aliphatic rings. The van der Waals surface area contributed by atoms with Crippen molar-refractivity contribution in [2.24, 2.45) is 5.92 Å². The van der Waals surface area contributed by atoms with E-state index in [1.54, 1.807) is 7.11 Å². The van der Waals surface area contributed by atoms with Gasteiger partial charge in [0.2, 0.25) is 5.91 Å². The number of methoxy groups -OCH3 is 1. The van der Waals surface area contributed by atoms with E-state index in [9.17, 15) is 4.79 Å². The number of rotatable bonds is 10. The molecule has 0 bridgehead atoms. The number of benzene rings is 1. The number of nitrogens with one attached hydrogen (secondary N) is 1. The van der Waals surface area contributed by atoms with Crippen molar-refractivity contribution in [2.75, 3.05) is 33.3 Å². The van der Waals surface area contributed by atoms with Gasteiger partial charge in [-0.05, 0) is 62.4 Å². The number of carbonyl (C=O) groups is 1. The van der Waals surface area contributed by atoms with E-state index in [0.29, 0.717) is 25.0 Å². The molecule has 1 amide bonds. The molecule has 6 nitrogen and oxygen atoms in total. The van der Waals surface area contributed by atoms with Gasteiger partial charge < -0.3 is 14.5 Å². The van der Waals surface area contributed by atoms with Crippen LogP contribution >= 0.6 is 0 Å². The van der Waals surface area contributed by atoms with Crippen LogP contribution in [0.2, 0.25) is 0 Å². The Bertz CT molecular complexity index is 830. The molecule has 2 fully saturated rings. The summed E-state index contributed by atoms with van der Waals surface area (Å²) in [4.78, 5) is 17.4. The third-order valence-electron chi connectivity index (χ3n) is 6.76. The molecule has 32 heavy (non-hydrogen) atoms. The van der Waals surface area contributed by atoms with Gasteiger partial charge in [-0.2, -0.15) is 0 Å². The molecule has 2 aliphatic heterocycles. The van der Waals surface area contributed by atoms with Crippen LogP contribution in [0.4, 0.5) is 0 Å². The lowest BCUT2D eigenvalue weighted by atomic mass is 9.92. The first-order chi connectivity index (χ1) is 15.7. The van der Waals surface area contributed by atoms with Crippen LogP contribution in [0.3, 0.4) is 0 Å². The summed E-state index contributed by atoms with van der Waals surface area (Å²) in [6.45, 7) is 6.51. The lowest BCUT2D eigenvalue weighted by Crippen LogP contribution is -2.37. The maximum absolute atomic E-state index is 12.5. The smallest absolute Gasteiger partial charge is 0.220 e. The van der Waals surface area contributed by atoms with Gasteiger partial charge in [-0.1, -0.05) is 30.3 Å². The maximum Gasteiger partial charge on any atom is 0.220 e. The molecule has 2 aromatic rings. The lowest BCUT2D eigenvalue weighted by molar-refractivity contribution is -0.122. The molecule has 0 spiro atoms. The first kappa shape index (κ1) is 23.0. The second-order valence-electron chi connectivity index (χ2n) is 9.33. The molecule has 1 N–H and O–H groups in total. The van der Waals surface area contributed by atoms with E-state index in [1.165, 1.54) is 5.56 Å². The van der Waals surface area contributed by atoms with E-state index < -0.39 is 0 Å². The highest BCUT2D eigenvalue weighted by Gasteiger charge is 2.25. The summed E-state index contributed by atoms with van der Waals surface area (Å²) in [5, 5.41) is 3.27. The quantitative estimate of drug-likeness (QED) is 0.610. The minimum absolute atomic E-state index is 0.222. The maximum atomic E-state index is 12.5. The Hall–Kier alpha value is -2.15. The molecule has 1 aromatic heterocycles. The normalized spacial score (nSPS) is 20.6. The van der Waals surface area contributed by atoms with Crippen LogP contribution in [-0.2, 0) is 29.2 Å². The number of hydrogen-bond donors (Lipinski definition) is 1. The summed E-state index contributed by atoms with van der Waals surface area (Å²) in [7, 11) is 1.68. The highest BCUT2D eigenvalue weighted by atomic mass is 16.5. The topological polar surface area (TPSA) is 58.0 Å². The molecule has 1 aromatic carbocycles. The van der Waals surface area contributed by atoms with Crippen molar-refractivity contribution in [1.29, 1.82) is 0 Å². The van der Waals surface area contributed by atoms with Crippen LogP contribution in [-0.4, -0.2) is 55.0 Å². The molecule has 1 atom stereocenters. The third-order valence-corrected chi connectivity index (χ3v) is 6.76. The Balaban J connectivity index is 1.10.